The van der Waals surface area contributed by atoms with Crippen molar-refractivity contribution in [2.45, 2.75) is 26.4 Å². The minimum atomic E-state index is -0.689. The first kappa shape index (κ1) is 17.7. The van der Waals surface area contributed by atoms with Crippen molar-refractivity contribution in [1.29, 1.82) is 0 Å². The first-order chi connectivity index (χ1) is 11.5. The smallest absolute Gasteiger partial charge is 0.226 e. The lowest BCUT2D eigenvalue weighted by atomic mass is 10.2. The van der Waals surface area contributed by atoms with Crippen LogP contribution < -0.4 is 15.4 Å². The van der Waals surface area contributed by atoms with Crippen LogP contribution in [0.5, 0.6) is 5.75 Å². The molecule has 0 unspecified atom stereocenters. The standard InChI is InChI=1S/C18H20F2N2O2/c1-12(2)24-16-9-4-3-8-15(16)22-17(23)10-11-21-18-13(19)6-5-7-14(18)20/h3-9,12,21H,10-11H2,1-2H3,(H,22,23). The molecule has 0 spiro atoms. The minimum Gasteiger partial charge on any atom is -0.489 e. The zero-order chi connectivity index (χ0) is 17.5. The van der Waals surface area contributed by atoms with E-state index < -0.39 is 11.6 Å². The number of benzene rings is 2. The van der Waals surface area contributed by atoms with Crippen LogP contribution in [-0.4, -0.2) is 18.6 Å². The molecule has 24 heavy (non-hydrogen) atoms. The van der Waals surface area contributed by atoms with Gasteiger partial charge in [-0.25, -0.2) is 8.78 Å². The summed E-state index contributed by atoms with van der Waals surface area (Å²) in [6.45, 7) is 3.90. The van der Waals surface area contributed by atoms with E-state index >= 15 is 0 Å². The lowest BCUT2D eigenvalue weighted by Gasteiger charge is -2.15. The van der Waals surface area contributed by atoms with Gasteiger partial charge in [0.15, 0.2) is 0 Å². The van der Waals surface area contributed by atoms with Crippen LogP contribution >= 0.6 is 0 Å². The lowest BCUT2D eigenvalue weighted by molar-refractivity contribution is -0.116. The number of para-hydroxylation sites is 3. The van der Waals surface area contributed by atoms with Crippen molar-refractivity contribution in [3.05, 3.63) is 54.1 Å². The van der Waals surface area contributed by atoms with E-state index in [1.807, 2.05) is 19.9 Å². The molecular weight excluding hydrogens is 314 g/mol. The molecule has 128 valence electrons. The van der Waals surface area contributed by atoms with Crippen LogP contribution in [0.2, 0.25) is 0 Å². The van der Waals surface area contributed by atoms with Gasteiger partial charge in [0, 0.05) is 13.0 Å². The zero-order valence-corrected chi connectivity index (χ0v) is 13.6. The van der Waals surface area contributed by atoms with Gasteiger partial charge in [-0.05, 0) is 38.1 Å². The number of hydrogen-bond donors (Lipinski definition) is 2. The largest absolute Gasteiger partial charge is 0.489 e. The van der Waals surface area contributed by atoms with Crippen molar-refractivity contribution < 1.29 is 18.3 Å². The fraction of sp³-hybridized carbons (Fsp3) is 0.278. The van der Waals surface area contributed by atoms with Crippen LogP contribution in [0.4, 0.5) is 20.2 Å². The normalized spacial score (nSPS) is 10.5. The third kappa shape index (κ3) is 4.94. The molecule has 2 aromatic carbocycles. The highest BCUT2D eigenvalue weighted by atomic mass is 19.1. The Morgan fingerprint density at radius 2 is 1.75 bits per heavy atom. The summed E-state index contributed by atoms with van der Waals surface area (Å²) in [7, 11) is 0. The highest BCUT2D eigenvalue weighted by Gasteiger charge is 2.11. The minimum absolute atomic E-state index is 0.0197. The molecule has 0 heterocycles. The zero-order valence-electron chi connectivity index (χ0n) is 13.6. The Hall–Kier alpha value is -2.63. The third-order valence-electron chi connectivity index (χ3n) is 3.14. The molecule has 0 saturated carbocycles. The van der Waals surface area contributed by atoms with Crippen LogP contribution in [0, 0.1) is 11.6 Å². The van der Waals surface area contributed by atoms with Gasteiger partial charge < -0.3 is 15.4 Å². The summed E-state index contributed by atoms with van der Waals surface area (Å²) in [5, 5.41) is 5.34. The molecule has 2 aromatic rings. The van der Waals surface area contributed by atoms with Gasteiger partial charge >= 0.3 is 0 Å². The summed E-state index contributed by atoms with van der Waals surface area (Å²) in [5.41, 5.74) is 0.335. The van der Waals surface area contributed by atoms with Gasteiger partial charge in [0.2, 0.25) is 5.91 Å². The number of carbonyl (C=O) groups is 1. The maximum absolute atomic E-state index is 13.5. The van der Waals surface area contributed by atoms with E-state index in [9.17, 15) is 13.6 Å². The summed E-state index contributed by atoms with van der Waals surface area (Å²) in [5.74, 6) is -1.08. The Morgan fingerprint density at radius 3 is 2.42 bits per heavy atom. The molecule has 0 atom stereocenters. The first-order valence-corrected chi connectivity index (χ1v) is 7.71. The molecule has 0 aliphatic carbocycles. The number of hydrogen-bond acceptors (Lipinski definition) is 3. The SMILES string of the molecule is CC(C)Oc1ccccc1NC(=O)CCNc1c(F)cccc1F. The number of ether oxygens (including phenoxy) is 1. The summed E-state index contributed by atoms with van der Waals surface area (Å²) in [6, 6.07) is 10.7. The highest BCUT2D eigenvalue weighted by molar-refractivity contribution is 5.92. The van der Waals surface area contributed by atoms with Gasteiger partial charge in [-0.1, -0.05) is 18.2 Å². The molecule has 0 aromatic heterocycles. The van der Waals surface area contributed by atoms with E-state index in [-0.39, 0.29) is 30.7 Å². The fourth-order valence-corrected chi connectivity index (χ4v) is 2.11. The highest BCUT2D eigenvalue weighted by Crippen LogP contribution is 2.25. The van der Waals surface area contributed by atoms with Gasteiger partial charge in [-0.15, -0.1) is 0 Å². The molecule has 2 N–H and O–H groups in total. The Morgan fingerprint density at radius 1 is 1.08 bits per heavy atom. The Kier molecular flexibility index (Phi) is 6.12. The molecule has 0 bridgehead atoms. The summed E-state index contributed by atoms with van der Waals surface area (Å²) < 4.78 is 32.6. The average Bonchev–Trinajstić information content (AvgIpc) is 2.52. The van der Waals surface area contributed by atoms with Gasteiger partial charge in [0.25, 0.3) is 0 Å². The Balaban J connectivity index is 1.90. The van der Waals surface area contributed by atoms with Gasteiger partial charge in [-0.3, -0.25) is 4.79 Å². The molecule has 0 fully saturated rings. The van der Waals surface area contributed by atoms with Crippen molar-refractivity contribution in [2.75, 3.05) is 17.2 Å². The second-order valence-corrected chi connectivity index (χ2v) is 5.48. The maximum Gasteiger partial charge on any atom is 0.226 e. The molecule has 0 aliphatic heterocycles. The predicted molar refractivity (Wildman–Crippen MR) is 90.3 cm³/mol. The summed E-state index contributed by atoms with van der Waals surface area (Å²) >= 11 is 0. The monoisotopic (exact) mass is 334 g/mol. The molecule has 1 amide bonds. The molecule has 4 nitrogen and oxygen atoms in total. The van der Waals surface area contributed by atoms with Crippen LogP contribution in [-0.2, 0) is 4.79 Å². The topological polar surface area (TPSA) is 50.4 Å². The second kappa shape index (κ2) is 8.29. The molecular formula is C18H20F2N2O2. The average molecular weight is 334 g/mol. The third-order valence-corrected chi connectivity index (χ3v) is 3.14. The molecule has 2 rings (SSSR count). The number of nitrogens with one attached hydrogen (secondary N) is 2. The van der Waals surface area contributed by atoms with E-state index in [1.165, 1.54) is 6.07 Å². The van der Waals surface area contributed by atoms with E-state index in [2.05, 4.69) is 10.6 Å². The predicted octanol–water partition coefficient (Wildman–Crippen LogP) is 4.19. The molecule has 0 saturated heterocycles. The van der Waals surface area contributed by atoms with E-state index in [1.54, 1.807) is 18.2 Å². The second-order valence-electron chi connectivity index (χ2n) is 5.48. The van der Waals surface area contributed by atoms with E-state index in [0.29, 0.717) is 11.4 Å². The number of halogens is 2. The summed E-state index contributed by atoms with van der Waals surface area (Å²) in [6.07, 6.45) is 0.0396. The number of rotatable bonds is 7. The lowest BCUT2D eigenvalue weighted by Crippen LogP contribution is -2.18. The van der Waals surface area contributed by atoms with Crippen molar-refractivity contribution in [3.8, 4) is 5.75 Å². The van der Waals surface area contributed by atoms with Crippen molar-refractivity contribution >= 4 is 17.3 Å². The first-order valence-electron chi connectivity index (χ1n) is 7.71. The Labute approximate surface area is 139 Å². The molecule has 0 radical (unpaired) electrons. The van der Waals surface area contributed by atoms with Crippen molar-refractivity contribution in [2.24, 2.45) is 0 Å². The summed E-state index contributed by atoms with van der Waals surface area (Å²) in [4.78, 5) is 12.0. The van der Waals surface area contributed by atoms with Gasteiger partial charge in [0.05, 0.1) is 11.8 Å². The number of carbonyl (C=O) groups excluding carboxylic acids is 1. The van der Waals surface area contributed by atoms with Crippen LogP contribution in [0.1, 0.15) is 20.3 Å². The fourth-order valence-electron chi connectivity index (χ4n) is 2.11. The van der Waals surface area contributed by atoms with Crippen LogP contribution in [0.25, 0.3) is 0 Å². The quantitative estimate of drug-likeness (QED) is 0.798. The molecule has 0 aliphatic rings. The number of anilines is 2. The van der Waals surface area contributed by atoms with Crippen molar-refractivity contribution in [3.63, 3.8) is 0 Å². The van der Waals surface area contributed by atoms with E-state index in [0.717, 1.165) is 12.1 Å². The molecule has 6 heteroatoms. The van der Waals surface area contributed by atoms with E-state index in [4.69, 9.17) is 4.74 Å². The maximum atomic E-state index is 13.5. The van der Waals surface area contributed by atoms with Gasteiger partial charge in [0.1, 0.15) is 23.1 Å². The van der Waals surface area contributed by atoms with Crippen molar-refractivity contribution in [1.82, 2.24) is 0 Å². The Bertz CT molecular complexity index is 685. The van der Waals surface area contributed by atoms with Crippen LogP contribution in [0.3, 0.4) is 0 Å². The van der Waals surface area contributed by atoms with Crippen LogP contribution in [0.15, 0.2) is 42.5 Å². The van der Waals surface area contributed by atoms with Gasteiger partial charge in [-0.2, -0.15) is 0 Å². The number of amides is 1.